The lowest BCUT2D eigenvalue weighted by Crippen LogP contribution is -2.14. The van der Waals surface area contributed by atoms with Gasteiger partial charge in [-0.1, -0.05) is 23.7 Å². The Hall–Kier alpha value is -1.52. The van der Waals surface area contributed by atoms with Gasteiger partial charge in [0.1, 0.15) is 0 Å². The van der Waals surface area contributed by atoms with Crippen LogP contribution in [0, 0.1) is 0 Å². The fraction of sp³-hybridized carbons (Fsp3) is 0.250. The number of carbonyl (C=O) groups is 1. The number of para-hydroxylation sites is 1. The summed E-state index contributed by atoms with van der Waals surface area (Å²) in [6.45, 7) is 1.93. The molecule has 2 N–H and O–H groups in total. The lowest BCUT2D eigenvalue weighted by Gasteiger charge is -2.08. The molecule has 0 fully saturated rings. The van der Waals surface area contributed by atoms with E-state index in [1.54, 1.807) is 31.3 Å². The Labute approximate surface area is 103 Å². The average molecular weight is 254 g/mol. The van der Waals surface area contributed by atoms with E-state index in [2.05, 4.69) is 4.98 Å². The fourth-order valence-corrected chi connectivity index (χ4v) is 1.94. The number of benzene rings is 1. The van der Waals surface area contributed by atoms with Gasteiger partial charge in [-0.2, -0.15) is 0 Å². The van der Waals surface area contributed by atoms with Crippen LogP contribution in [0.3, 0.4) is 0 Å². The van der Waals surface area contributed by atoms with E-state index in [0.717, 1.165) is 5.39 Å². The SMILES string of the molecule is CCOC(=O)C(O)c1c[nH]c2c(Cl)cccc12. The second-order valence-electron chi connectivity index (χ2n) is 3.56. The second kappa shape index (κ2) is 4.77. The van der Waals surface area contributed by atoms with E-state index in [-0.39, 0.29) is 6.61 Å². The minimum Gasteiger partial charge on any atom is -0.464 e. The smallest absolute Gasteiger partial charge is 0.339 e. The number of fused-ring (bicyclic) bond motifs is 1. The zero-order valence-electron chi connectivity index (χ0n) is 9.24. The van der Waals surface area contributed by atoms with Crippen molar-refractivity contribution in [3.63, 3.8) is 0 Å². The van der Waals surface area contributed by atoms with E-state index in [9.17, 15) is 9.90 Å². The van der Waals surface area contributed by atoms with Crippen LogP contribution in [0.25, 0.3) is 10.9 Å². The van der Waals surface area contributed by atoms with Crippen LogP contribution in [0.15, 0.2) is 24.4 Å². The molecule has 0 amide bonds. The molecule has 1 aromatic heterocycles. The zero-order valence-corrected chi connectivity index (χ0v) is 9.99. The highest BCUT2D eigenvalue weighted by Crippen LogP contribution is 2.29. The molecule has 0 aliphatic carbocycles. The first-order chi connectivity index (χ1) is 8.15. The molecular weight excluding hydrogens is 242 g/mol. The summed E-state index contributed by atoms with van der Waals surface area (Å²) in [6, 6.07) is 5.29. The quantitative estimate of drug-likeness (QED) is 0.826. The maximum absolute atomic E-state index is 11.5. The number of hydrogen-bond acceptors (Lipinski definition) is 3. The molecule has 0 aliphatic heterocycles. The Morgan fingerprint density at radius 2 is 2.35 bits per heavy atom. The van der Waals surface area contributed by atoms with Gasteiger partial charge in [-0.25, -0.2) is 4.79 Å². The summed E-state index contributed by atoms with van der Waals surface area (Å²) < 4.78 is 4.77. The van der Waals surface area contributed by atoms with Gasteiger partial charge in [-0.05, 0) is 13.0 Å². The molecule has 1 atom stereocenters. The highest BCUT2D eigenvalue weighted by molar-refractivity contribution is 6.35. The monoisotopic (exact) mass is 253 g/mol. The van der Waals surface area contributed by atoms with Gasteiger partial charge >= 0.3 is 5.97 Å². The lowest BCUT2D eigenvalue weighted by atomic mass is 10.1. The van der Waals surface area contributed by atoms with Crippen molar-refractivity contribution in [1.29, 1.82) is 0 Å². The first-order valence-corrected chi connectivity index (χ1v) is 5.63. The Bertz CT molecular complexity index is 550. The maximum Gasteiger partial charge on any atom is 0.339 e. The molecule has 17 heavy (non-hydrogen) atoms. The lowest BCUT2D eigenvalue weighted by molar-refractivity contribution is -0.153. The van der Waals surface area contributed by atoms with E-state index < -0.39 is 12.1 Å². The predicted molar refractivity (Wildman–Crippen MR) is 64.9 cm³/mol. The molecule has 5 heteroatoms. The van der Waals surface area contributed by atoms with Crippen molar-refractivity contribution in [3.05, 3.63) is 35.0 Å². The molecule has 2 rings (SSSR count). The molecule has 90 valence electrons. The number of aliphatic hydroxyl groups excluding tert-OH is 1. The van der Waals surface area contributed by atoms with Crippen LogP contribution in [-0.4, -0.2) is 22.7 Å². The number of carbonyl (C=O) groups excluding carboxylic acids is 1. The molecule has 0 bridgehead atoms. The molecule has 4 nitrogen and oxygen atoms in total. The number of hydrogen-bond donors (Lipinski definition) is 2. The minimum absolute atomic E-state index is 0.235. The van der Waals surface area contributed by atoms with Crippen molar-refractivity contribution in [2.24, 2.45) is 0 Å². The number of nitrogens with one attached hydrogen (secondary N) is 1. The first-order valence-electron chi connectivity index (χ1n) is 5.25. The Balaban J connectivity index is 2.42. The normalized spacial score (nSPS) is 12.6. The fourth-order valence-electron chi connectivity index (χ4n) is 1.71. The van der Waals surface area contributed by atoms with Crippen LogP contribution in [-0.2, 0) is 9.53 Å². The van der Waals surface area contributed by atoms with E-state index in [4.69, 9.17) is 16.3 Å². The van der Waals surface area contributed by atoms with Crippen molar-refractivity contribution in [1.82, 2.24) is 4.98 Å². The van der Waals surface area contributed by atoms with Gasteiger partial charge < -0.3 is 14.8 Å². The molecule has 0 saturated heterocycles. The molecule has 1 heterocycles. The Kier molecular flexibility index (Phi) is 3.36. The number of halogens is 1. The summed E-state index contributed by atoms with van der Waals surface area (Å²) in [5.74, 6) is -0.659. The van der Waals surface area contributed by atoms with Crippen LogP contribution < -0.4 is 0 Å². The summed E-state index contributed by atoms with van der Waals surface area (Å²) in [5, 5.41) is 11.1. The van der Waals surface area contributed by atoms with Crippen LogP contribution in [0.2, 0.25) is 5.02 Å². The Morgan fingerprint density at radius 3 is 3.06 bits per heavy atom. The van der Waals surface area contributed by atoms with Crippen molar-refractivity contribution in [2.45, 2.75) is 13.0 Å². The van der Waals surface area contributed by atoms with Crippen LogP contribution in [0.4, 0.5) is 0 Å². The van der Waals surface area contributed by atoms with E-state index in [0.29, 0.717) is 16.1 Å². The number of esters is 1. The third kappa shape index (κ3) is 2.14. The van der Waals surface area contributed by atoms with E-state index in [1.165, 1.54) is 0 Å². The molecular formula is C12H12ClNO3. The van der Waals surface area contributed by atoms with E-state index >= 15 is 0 Å². The van der Waals surface area contributed by atoms with Crippen molar-refractivity contribution >= 4 is 28.5 Å². The predicted octanol–water partition coefficient (Wildman–Crippen LogP) is 2.42. The number of H-pyrrole nitrogens is 1. The van der Waals surface area contributed by atoms with Gasteiger partial charge in [0, 0.05) is 17.1 Å². The first kappa shape index (κ1) is 12.0. The molecule has 1 aromatic carbocycles. The summed E-state index contributed by atoms with van der Waals surface area (Å²) in [4.78, 5) is 14.4. The van der Waals surface area contributed by atoms with Crippen LogP contribution in [0.1, 0.15) is 18.6 Å². The van der Waals surface area contributed by atoms with E-state index in [1.807, 2.05) is 0 Å². The van der Waals surface area contributed by atoms with Gasteiger partial charge in [0.15, 0.2) is 6.10 Å². The van der Waals surface area contributed by atoms with Crippen molar-refractivity contribution in [3.8, 4) is 0 Å². The largest absolute Gasteiger partial charge is 0.464 e. The topological polar surface area (TPSA) is 62.3 Å². The third-order valence-electron chi connectivity index (χ3n) is 2.50. The number of aromatic amines is 1. The molecule has 0 spiro atoms. The van der Waals surface area contributed by atoms with Crippen molar-refractivity contribution in [2.75, 3.05) is 6.61 Å². The summed E-state index contributed by atoms with van der Waals surface area (Å²) >= 11 is 5.99. The average Bonchev–Trinajstić information content (AvgIpc) is 2.73. The number of rotatable bonds is 3. The van der Waals surface area contributed by atoms with Gasteiger partial charge in [-0.3, -0.25) is 0 Å². The standard InChI is InChI=1S/C12H12ClNO3/c1-2-17-12(16)11(15)8-6-14-10-7(8)4-3-5-9(10)13/h3-6,11,14-15H,2H2,1H3. The van der Waals surface area contributed by atoms with Crippen molar-refractivity contribution < 1.29 is 14.6 Å². The van der Waals surface area contributed by atoms with Gasteiger partial charge in [0.05, 0.1) is 17.1 Å². The number of aliphatic hydroxyl groups is 1. The highest BCUT2D eigenvalue weighted by Gasteiger charge is 2.22. The Morgan fingerprint density at radius 1 is 1.59 bits per heavy atom. The van der Waals surface area contributed by atoms with Gasteiger partial charge in [-0.15, -0.1) is 0 Å². The maximum atomic E-state index is 11.5. The molecule has 2 aromatic rings. The molecule has 1 unspecified atom stereocenters. The summed E-state index contributed by atoms with van der Waals surface area (Å²) in [5.41, 5.74) is 1.17. The van der Waals surface area contributed by atoms with Crippen LogP contribution in [0.5, 0.6) is 0 Å². The third-order valence-corrected chi connectivity index (χ3v) is 2.82. The zero-order chi connectivity index (χ0) is 12.4. The molecule has 0 radical (unpaired) electrons. The van der Waals surface area contributed by atoms with Gasteiger partial charge in [0.2, 0.25) is 0 Å². The number of ether oxygens (including phenoxy) is 1. The second-order valence-corrected chi connectivity index (χ2v) is 3.97. The molecule has 0 saturated carbocycles. The minimum atomic E-state index is -1.29. The van der Waals surface area contributed by atoms with Crippen LogP contribution >= 0.6 is 11.6 Å². The summed E-state index contributed by atoms with van der Waals surface area (Å²) in [7, 11) is 0. The molecule has 0 aliphatic rings. The highest BCUT2D eigenvalue weighted by atomic mass is 35.5. The number of aromatic nitrogens is 1. The van der Waals surface area contributed by atoms with Gasteiger partial charge in [0.25, 0.3) is 0 Å². The summed E-state index contributed by atoms with van der Waals surface area (Å²) in [6.07, 6.45) is 0.278.